The number of carbonyl (C=O) groups excluding carboxylic acids is 3. The molecule has 0 unspecified atom stereocenters. The van der Waals surface area contributed by atoms with Gasteiger partial charge in [-0.25, -0.2) is 4.79 Å². The molecule has 0 saturated carbocycles. The summed E-state index contributed by atoms with van der Waals surface area (Å²) in [7, 11) is 0. The predicted molar refractivity (Wildman–Crippen MR) is 89.2 cm³/mol. The molecule has 3 amide bonds. The zero-order valence-corrected chi connectivity index (χ0v) is 13.5. The Labute approximate surface area is 140 Å². The lowest BCUT2D eigenvalue weighted by Crippen LogP contribution is -2.43. The Morgan fingerprint density at radius 1 is 0.792 bits per heavy atom. The van der Waals surface area contributed by atoms with Gasteiger partial charge in [-0.3, -0.25) is 9.59 Å². The first-order valence-corrected chi connectivity index (χ1v) is 7.72. The summed E-state index contributed by atoms with van der Waals surface area (Å²) in [5, 5.41) is 0. The molecule has 0 heterocycles. The number of rotatable bonds is 5. The first-order valence-electron chi connectivity index (χ1n) is 7.72. The van der Waals surface area contributed by atoms with Crippen molar-refractivity contribution in [1.82, 2.24) is 4.90 Å². The van der Waals surface area contributed by atoms with Crippen molar-refractivity contribution < 1.29 is 19.1 Å². The highest BCUT2D eigenvalue weighted by molar-refractivity contribution is 6.09. The van der Waals surface area contributed by atoms with Gasteiger partial charge in [-0.15, -0.1) is 0 Å². The number of amides is 3. The highest BCUT2D eigenvalue weighted by atomic mass is 16.6. The molecule has 2 aromatic carbocycles. The predicted octanol–water partition coefficient (Wildman–Crippen LogP) is 2.98. The fourth-order valence-electron chi connectivity index (χ4n) is 2.23. The van der Waals surface area contributed by atoms with Crippen LogP contribution in [0.5, 0.6) is 0 Å². The van der Waals surface area contributed by atoms with E-state index in [1.807, 2.05) is 12.1 Å². The quantitative estimate of drug-likeness (QED) is 0.848. The first kappa shape index (κ1) is 17.4. The molecule has 0 saturated heterocycles. The van der Waals surface area contributed by atoms with Gasteiger partial charge in [-0.2, -0.15) is 4.90 Å². The van der Waals surface area contributed by atoms with Crippen molar-refractivity contribution in [2.45, 2.75) is 19.8 Å². The molecule has 124 valence electrons. The summed E-state index contributed by atoms with van der Waals surface area (Å²) in [5.74, 6) is -1.19. The second kappa shape index (κ2) is 8.62. The summed E-state index contributed by atoms with van der Waals surface area (Å²) in [6, 6.07) is 17.9. The topological polar surface area (TPSA) is 63.7 Å². The molecule has 0 aromatic heterocycles. The summed E-state index contributed by atoms with van der Waals surface area (Å²) in [6.45, 7) is 1.71. The van der Waals surface area contributed by atoms with Crippen LogP contribution in [0.1, 0.15) is 18.1 Å². The average Bonchev–Trinajstić information content (AvgIpc) is 2.57. The molecule has 0 spiro atoms. The van der Waals surface area contributed by atoms with E-state index in [1.54, 1.807) is 55.5 Å². The molecule has 0 N–H and O–H groups in total. The Balaban J connectivity index is 2.15. The van der Waals surface area contributed by atoms with Gasteiger partial charge in [-0.05, 0) is 18.1 Å². The van der Waals surface area contributed by atoms with Crippen LogP contribution >= 0.6 is 0 Å². The van der Waals surface area contributed by atoms with Crippen molar-refractivity contribution in [3.63, 3.8) is 0 Å². The fourth-order valence-corrected chi connectivity index (χ4v) is 2.23. The monoisotopic (exact) mass is 325 g/mol. The van der Waals surface area contributed by atoms with Crippen molar-refractivity contribution >= 4 is 17.9 Å². The maximum atomic E-state index is 12.5. The van der Waals surface area contributed by atoms with E-state index >= 15 is 0 Å². The molecule has 24 heavy (non-hydrogen) atoms. The summed E-state index contributed by atoms with van der Waals surface area (Å²) >= 11 is 0. The molecule has 0 atom stereocenters. The maximum Gasteiger partial charge on any atom is 0.423 e. The van der Waals surface area contributed by atoms with E-state index in [0.717, 1.165) is 11.1 Å². The minimum Gasteiger partial charge on any atom is -0.449 e. The van der Waals surface area contributed by atoms with Crippen molar-refractivity contribution in [2.24, 2.45) is 0 Å². The van der Waals surface area contributed by atoms with Crippen LogP contribution in [-0.2, 0) is 27.2 Å². The Morgan fingerprint density at radius 3 is 1.58 bits per heavy atom. The van der Waals surface area contributed by atoms with Crippen LogP contribution in [0.3, 0.4) is 0 Å². The SMILES string of the molecule is CCOC(=O)N(C(=O)Cc1ccccc1)C(=O)Cc1ccccc1. The minimum absolute atomic E-state index is 0.0415. The smallest absolute Gasteiger partial charge is 0.423 e. The van der Waals surface area contributed by atoms with E-state index in [0.29, 0.717) is 4.90 Å². The third-order valence-electron chi connectivity index (χ3n) is 3.35. The molecule has 2 aromatic rings. The molecule has 2 rings (SSSR count). The molecule has 0 aliphatic heterocycles. The lowest BCUT2D eigenvalue weighted by Gasteiger charge is -2.18. The second-order valence-corrected chi connectivity index (χ2v) is 5.15. The van der Waals surface area contributed by atoms with E-state index in [9.17, 15) is 14.4 Å². The van der Waals surface area contributed by atoms with E-state index in [-0.39, 0.29) is 19.4 Å². The number of nitrogens with zero attached hydrogens (tertiary/aromatic N) is 1. The van der Waals surface area contributed by atoms with Gasteiger partial charge in [-0.1, -0.05) is 60.7 Å². The molecular weight excluding hydrogens is 306 g/mol. The van der Waals surface area contributed by atoms with Gasteiger partial charge in [0.25, 0.3) is 0 Å². The third kappa shape index (κ3) is 4.78. The van der Waals surface area contributed by atoms with Crippen molar-refractivity contribution in [1.29, 1.82) is 0 Å². The van der Waals surface area contributed by atoms with Crippen LogP contribution < -0.4 is 0 Å². The standard InChI is InChI=1S/C19H19NO4/c1-2-24-19(23)20(17(21)13-15-9-5-3-6-10-15)18(22)14-16-11-7-4-8-12-16/h3-12H,2,13-14H2,1H3. The van der Waals surface area contributed by atoms with E-state index in [1.165, 1.54) is 0 Å². The van der Waals surface area contributed by atoms with Crippen molar-refractivity contribution in [3.8, 4) is 0 Å². The van der Waals surface area contributed by atoms with E-state index < -0.39 is 17.9 Å². The van der Waals surface area contributed by atoms with Crippen molar-refractivity contribution in [2.75, 3.05) is 6.61 Å². The Kier molecular flexibility index (Phi) is 6.25. The minimum atomic E-state index is -0.931. The van der Waals surface area contributed by atoms with Gasteiger partial charge in [0.05, 0.1) is 19.4 Å². The molecule has 5 nitrogen and oxygen atoms in total. The zero-order chi connectivity index (χ0) is 17.4. The number of ether oxygens (including phenoxy) is 1. The number of imide groups is 3. The van der Waals surface area contributed by atoms with Crippen molar-refractivity contribution in [3.05, 3.63) is 71.8 Å². The molecule has 0 bridgehead atoms. The van der Waals surface area contributed by atoms with Crippen LogP contribution in [-0.4, -0.2) is 29.4 Å². The Hall–Kier alpha value is -2.95. The van der Waals surface area contributed by atoms with E-state index in [4.69, 9.17) is 4.74 Å². The van der Waals surface area contributed by atoms with E-state index in [2.05, 4.69) is 0 Å². The molecule has 0 aliphatic carbocycles. The average molecular weight is 325 g/mol. The number of benzene rings is 2. The number of hydrogen-bond acceptors (Lipinski definition) is 4. The lowest BCUT2D eigenvalue weighted by molar-refractivity contribution is -0.141. The number of carbonyl (C=O) groups is 3. The van der Waals surface area contributed by atoms with Crippen LogP contribution in [0.2, 0.25) is 0 Å². The molecule has 0 radical (unpaired) electrons. The van der Waals surface area contributed by atoms with Gasteiger partial charge in [0.1, 0.15) is 0 Å². The highest BCUT2D eigenvalue weighted by Gasteiger charge is 2.29. The van der Waals surface area contributed by atoms with Gasteiger partial charge in [0.15, 0.2) is 0 Å². The van der Waals surface area contributed by atoms with Gasteiger partial charge >= 0.3 is 6.09 Å². The van der Waals surface area contributed by atoms with Gasteiger partial charge < -0.3 is 4.74 Å². The lowest BCUT2D eigenvalue weighted by atomic mass is 10.1. The molecule has 0 fully saturated rings. The number of hydrogen-bond donors (Lipinski definition) is 0. The largest absolute Gasteiger partial charge is 0.449 e. The van der Waals surface area contributed by atoms with Gasteiger partial charge in [0.2, 0.25) is 11.8 Å². The normalized spacial score (nSPS) is 10.0. The van der Waals surface area contributed by atoms with Crippen LogP contribution in [0.4, 0.5) is 4.79 Å². The van der Waals surface area contributed by atoms with Crippen LogP contribution in [0, 0.1) is 0 Å². The Bertz CT molecular complexity index is 644. The molecule has 0 aliphatic rings. The zero-order valence-electron chi connectivity index (χ0n) is 13.5. The summed E-state index contributed by atoms with van der Waals surface area (Å²) in [5.41, 5.74) is 1.45. The molecule has 5 heteroatoms. The fraction of sp³-hybridized carbons (Fsp3) is 0.211. The summed E-state index contributed by atoms with van der Waals surface area (Å²) < 4.78 is 4.87. The van der Waals surface area contributed by atoms with Crippen LogP contribution in [0.15, 0.2) is 60.7 Å². The first-order chi connectivity index (χ1) is 11.6. The second-order valence-electron chi connectivity index (χ2n) is 5.15. The van der Waals surface area contributed by atoms with Gasteiger partial charge in [0, 0.05) is 0 Å². The Morgan fingerprint density at radius 2 is 1.21 bits per heavy atom. The van der Waals surface area contributed by atoms with Crippen LogP contribution in [0.25, 0.3) is 0 Å². The highest BCUT2D eigenvalue weighted by Crippen LogP contribution is 2.09. The molecular formula is C19H19NO4. The third-order valence-corrected chi connectivity index (χ3v) is 3.35. The maximum absolute atomic E-state index is 12.5. The summed E-state index contributed by atoms with van der Waals surface area (Å²) in [6.07, 6.45) is -1.01. The summed E-state index contributed by atoms with van der Waals surface area (Å²) in [4.78, 5) is 37.6.